The van der Waals surface area contributed by atoms with E-state index in [0.717, 1.165) is 11.3 Å². The van der Waals surface area contributed by atoms with Crippen LogP contribution in [-0.2, 0) is 11.3 Å². The second-order valence-electron chi connectivity index (χ2n) is 4.82. The van der Waals surface area contributed by atoms with E-state index in [9.17, 15) is 9.59 Å². The van der Waals surface area contributed by atoms with Crippen molar-refractivity contribution in [3.63, 3.8) is 0 Å². The van der Waals surface area contributed by atoms with Crippen LogP contribution in [0.15, 0.2) is 42.5 Å². The lowest BCUT2D eigenvalue weighted by Crippen LogP contribution is -2.23. The Hall–Kier alpha value is -3.02. The van der Waals surface area contributed by atoms with Crippen molar-refractivity contribution >= 4 is 17.6 Å². The number of rotatable bonds is 5. The molecule has 2 aromatic carbocycles. The smallest absolute Gasteiger partial charge is 0.339 e. The molecule has 0 aliphatic heterocycles. The molecule has 0 bridgehead atoms. The van der Waals surface area contributed by atoms with Crippen LogP contribution >= 0.6 is 0 Å². The van der Waals surface area contributed by atoms with Crippen molar-refractivity contribution in [3.05, 3.63) is 59.2 Å². The van der Waals surface area contributed by atoms with Crippen molar-refractivity contribution in [1.82, 2.24) is 5.32 Å². The summed E-state index contributed by atoms with van der Waals surface area (Å²) in [5, 5.41) is 2.78. The molecule has 120 valence electrons. The first-order valence-corrected chi connectivity index (χ1v) is 6.94. The van der Waals surface area contributed by atoms with Gasteiger partial charge in [0, 0.05) is 17.8 Å². The first kappa shape index (κ1) is 16.4. The zero-order valence-electron chi connectivity index (χ0n) is 13.0. The predicted molar refractivity (Wildman–Crippen MR) is 86.4 cm³/mol. The molecular formula is C17H18N2O4. The highest BCUT2D eigenvalue weighted by atomic mass is 16.5. The van der Waals surface area contributed by atoms with E-state index in [0.29, 0.717) is 12.1 Å². The Morgan fingerprint density at radius 3 is 2.39 bits per heavy atom. The summed E-state index contributed by atoms with van der Waals surface area (Å²) in [7, 11) is 2.86. The summed E-state index contributed by atoms with van der Waals surface area (Å²) in [6, 6.07) is 11.9. The first-order chi connectivity index (χ1) is 11.0. The number of nitrogens with one attached hydrogen (secondary N) is 1. The molecule has 6 heteroatoms. The molecule has 0 atom stereocenters. The number of nitrogens with two attached hydrogens (primary N) is 1. The fourth-order valence-corrected chi connectivity index (χ4v) is 2.01. The molecule has 3 N–H and O–H groups in total. The third-order valence-corrected chi connectivity index (χ3v) is 3.33. The Kier molecular flexibility index (Phi) is 5.19. The maximum atomic E-state index is 12.2. The fourth-order valence-electron chi connectivity index (χ4n) is 2.01. The maximum Gasteiger partial charge on any atom is 0.339 e. The minimum atomic E-state index is -0.577. The van der Waals surface area contributed by atoms with Gasteiger partial charge in [-0.15, -0.1) is 0 Å². The Labute approximate surface area is 134 Å². The Balaban J connectivity index is 2.06. The number of esters is 1. The zero-order chi connectivity index (χ0) is 16.8. The molecule has 23 heavy (non-hydrogen) atoms. The van der Waals surface area contributed by atoms with Gasteiger partial charge in [-0.05, 0) is 35.9 Å². The standard InChI is InChI=1S/C17H18N2O4/c1-22-13-6-3-11(4-7-13)10-19-16(20)12-5-8-15(18)14(9-12)17(21)23-2/h3-9H,10,18H2,1-2H3,(H,19,20). The number of carbonyl (C=O) groups is 2. The number of benzene rings is 2. The molecule has 0 unspecified atom stereocenters. The van der Waals surface area contributed by atoms with Gasteiger partial charge in [0.25, 0.3) is 5.91 Å². The molecule has 6 nitrogen and oxygen atoms in total. The minimum Gasteiger partial charge on any atom is -0.497 e. The lowest BCUT2D eigenvalue weighted by Gasteiger charge is -2.09. The Morgan fingerprint density at radius 1 is 1.09 bits per heavy atom. The van der Waals surface area contributed by atoms with Crippen molar-refractivity contribution in [2.24, 2.45) is 0 Å². The molecule has 2 aromatic rings. The van der Waals surface area contributed by atoms with Crippen LogP contribution in [0.3, 0.4) is 0 Å². The lowest BCUT2D eigenvalue weighted by atomic mass is 10.1. The quantitative estimate of drug-likeness (QED) is 0.650. The van der Waals surface area contributed by atoms with Crippen LogP contribution in [0, 0.1) is 0 Å². The van der Waals surface area contributed by atoms with Crippen LogP contribution in [0.4, 0.5) is 5.69 Å². The van der Waals surface area contributed by atoms with Gasteiger partial charge in [-0.2, -0.15) is 0 Å². The number of nitrogen functional groups attached to an aromatic ring is 1. The van der Waals surface area contributed by atoms with Crippen LogP contribution in [0.1, 0.15) is 26.3 Å². The Bertz CT molecular complexity index is 711. The van der Waals surface area contributed by atoms with Crippen molar-refractivity contribution in [1.29, 1.82) is 0 Å². The van der Waals surface area contributed by atoms with Gasteiger partial charge in [-0.1, -0.05) is 12.1 Å². The zero-order valence-corrected chi connectivity index (χ0v) is 13.0. The monoisotopic (exact) mass is 314 g/mol. The predicted octanol–water partition coefficient (Wildman–Crippen LogP) is 1.99. The average Bonchev–Trinajstić information content (AvgIpc) is 2.59. The maximum absolute atomic E-state index is 12.2. The summed E-state index contributed by atoms with van der Waals surface area (Å²) in [5.41, 5.74) is 7.43. The average molecular weight is 314 g/mol. The number of carbonyl (C=O) groups excluding carboxylic acids is 2. The van der Waals surface area contributed by atoms with Gasteiger partial charge in [0.05, 0.1) is 19.8 Å². The van der Waals surface area contributed by atoms with Gasteiger partial charge in [0.1, 0.15) is 5.75 Å². The van der Waals surface area contributed by atoms with Gasteiger partial charge in [-0.3, -0.25) is 4.79 Å². The molecule has 0 saturated carbocycles. The fraction of sp³-hybridized carbons (Fsp3) is 0.176. The summed E-state index contributed by atoms with van der Waals surface area (Å²) in [6.07, 6.45) is 0. The lowest BCUT2D eigenvalue weighted by molar-refractivity contribution is 0.0602. The van der Waals surface area contributed by atoms with Crippen molar-refractivity contribution in [2.45, 2.75) is 6.54 Å². The van der Waals surface area contributed by atoms with Crippen molar-refractivity contribution in [3.8, 4) is 5.75 Å². The molecule has 2 rings (SSSR count). The van der Waals surface area contributed by atoms with E-state index in [1.807, 2.05) is 24.3 Å². The van der Waals surface area contributed by atoms with E-state index >= 15 is 0 Å². The number of amides is 1. The number of hydrogen-bond acceptors (Lipinski definition) is 5. The van der Waals surface area contributed by atoms with Gasteiger partial charge in [0.2, 0.25) is 0 Å². The van der Waals surface area contributed by atoms with E-state index in [-0.39, 0.29) is 17.2 Å². The van der Waals surface area contributed by atoms with Gasteiger partial charge in [0.15, 0.2) is 0 Å². The largest absolute Gasteiger partial charge is 0.497 e. The molecule has 0 heterocycles. The molecule has 0 fully saturated rings. The molecule has 0 aromatic heterocycles. The molecular weight excluding hydrogens is 296 g/mol. The van der Waals surface area contributed by atoms with Crippen LogP contribution in [0.5, 0.6) is 5.75 Å². The molecule has 0 spiro atoms. The van der Waals surface area contributed by atoms with Gasteiger partial charge < -0.3 is 20.5 Å². The SMILES string of the molecule is COC(=O)c1cc(C(=O)NCc2ccc(OC)cc2)ccc1N. The number of anilines is 1. The summed E-state index contributed by atoms with van der Waals surface area (Å²) in [4.78, 5) is 23.8. The van der Waals surface area contributed by atoms with Crippen LogP contribution in [0.2, 0.25) is 0 Å². The van der Waals surface area contributed by atoms with Gasteiger partial charge in [-0.25, -0.2) is 4.79 Å². The molecule has 0 radical (unpaired) electrons. The second-order valence-corrected chi connectivity index (χ2v) is 4.82. The van der Waals surface area contributed by atoms with E-state index in [4.69, 9.17) is 10.5 Å². The van der Waals surface area contributed by atoms with Crippen molar-refractivity contribution < 1.29 is 19.1 Å². The van der Waals surface area contributed by atoms with Crippen molar-refractivity contribution in [2.75, 3.05) is 20.0 Å². The van der Waals surface area contributed by atoms with E-state index in [1.165, 1.54) is 19.2 Å². The third-order valence-electron chi connectivity index (χ3n) is 3.33. The molecule has 0 saturated heterocycles. The topological polar surface area (TPSA) is 90.7 Å². The summed E-state index contributed by atoms with van der Waals surface area (Å²) in [6.45, 7) is 0.362. The highest BCUT2D eigenvalue weighted by molar-refractivity contribution is 6.00. The minimum absolute atomic E-state index is 0.171. The number of methoxy groups -OCH3 is 2. The molecule has 0 aliphatic carbocycles. The highest BCUT2D eigenvalue weighted by Crippen LogP contribution is 2.16. The van der Waals surface area contributed by atoms with Crippen LogP contribution in [0.25, 0.3) is 0 Å². The molecule has 0 aliphatic rings. The van der Waals surface area contributed by atoms with Gasteiger partial charge >= 0.3 is 5.97 Å². The van der Waals surface area contributed by atoms with Crippen LogP contribution in [-0.4, -0.2) is 26.1 Å². The third kappa shape index (κ3) is 4.00. The summed E-state index contributed by atoms with van der Waals surface area (Å²) < 4.78 is 9.72. The first-order valence-electron chi connectivity index (χ1n) is 6.94. The van der Waals surface area contributed by atoms with Crippen LogP contribution < -0.4 is 15.8 Å². The Morgan fingerprint density at radius 2 is 1.78 bits per heavy atom. The van der Waals surface area contributed by atoms with E-state index in [1.54, 1.807) is 13.2 Å². The normalized spacial score (nSPS) is 10.0. The molecule has 1 amide bonds. The second kappa shape index (κ2) is 7.31. The van der Waals surface area contributed by atoms with E-state index in [2.05, 4.69) is 10.1 Å². The summed E-state index contributed by atoms with van der Waals surface area (Å²) in [5.74, 6) is -0.125. The van der Waals surface area contributed by atoms with E-state index < -0.39 is 5.97 Å². The number of ether oxygens (including phenoxy) is 2. The number of hydrogen-bond donors (Lipinski definition) is 2. The summed E-state index contributed by atoms with van der Waals surface area (Å²) >= 11 is 0. The highest BCUT2D eigenvalue weighted by Gasteiger charge is 2.14.